The Kier molecular flexibility index (Phi) is 3.33. The summed E-state index contributed by atoms with van der Waals surface area (Å²) >= 11 is 1.93. The highest BCUT2D eigenvalue weighted by molar-refractivity contribution is 14.1. The quantitative estimate of drug-likeness (QED) is 0.742. The lowest BCUT2D eigenvalue weighted by Crippen LogP contribution is -1.91. The van der Waals surface area contributed by atoms with Crippen LogP contribution in [0.15, 0.2) is 24.3 Å². The van der Waals surface area contributed by atoms with Crippen molar-refractivity contribution in [3.05, 3.63) is 35.4 Å². The summed E-state index contributed by atoms with van der Waals surface area (Å²) in [5.41, 5.74) is 2.52. The zero-order valence-electron chi connectivity index (χ0n) is 6.67. The molecule has 0 aliphatic carbocycles. The lowest BCUT2D eigenvalue weighted by molar-refractivity contribution is 0.318. The second-order valence-corrected chi connectivity index (χ2v) is 3.15. The van der Waals surface area contributed by atoms with E-state index < -0.39 is 0 Å². The molecule has 0 bridgehead atoms. The van der Waals surface area contributed by atoms with Crippen molar-refractivity contribution in [2.45, 2.75) is 20.0 Å². The van der Waals surface area contributed by atoms with Gasteiger partial charge in [0, 0.05) is 0 Å². The van der Waals surface area contributed by atoms with E-state index in [1.165, 1.54) is 11.1 Å². The number of benzene rings is 1. The van der Waals surface area contributed by atoms with Gasteiger partial charge in [-0.1, -0.05) is 29.8 Å². The number of aryl methyl sites for hydroxylation is 1. The van der Waals surface area contributed by atoms with Gasteiger partial charge in [0.2, 0.25) is 0 Å². The van der Waals surface area contributed by atoms with E-state index in [2.05, 4.69) is 31.2 Å². The van der Waals surface area contributed by atoms with Gasteiger partial charge in [-0.25, -0.2) is 0 Å². The van der Waals surface area contributed by atoms with Crippen LogP contribution in [0, 0.1) is 6.92 Å². The number of hydrogen-bond donors (Lipinski definition) is 0. The first kappa shape index (κ1) is 9.00. The molecule has 1 aromatic carbocycles. The molecule has 0 spiro atoms. The summed E-state index contributed by atoms with van der Waals surface area (Å²) in [6.45, 7) is 4.13. The minimum atomic E-state index is 0.190. The van der Waals surface area contributed by atoms with Gasteiger partial charge in [0.05, 0.1) is 6.10 Å². The van der Waals surface area contributed by atoms with Crippen molar-refractivity contribution >= 4 is 23.0 Å². The van der Waals surface area contributed by atoms with Crippen LogP contribution in [0.4, 0.5) is 0 Å². The van der Waals surface area contributed by atoms with Gasteiger partial charge in [-0.2, -0.15) is 0 Å². The molecule has 0 aromatic heterocycles. The van der Waals surface area contributed by atoms with Crippen molar-refractivity contribution in [1.29, 1.82) is 0 Å². The van der Waals surface area contributed by atoms with Crippen molar-refractivity contribution in [3.63, 3.8) is 0 Å². The van der Waals surface area contributed by atoms with E-state index in [-0.39, 0.29) is 6.10 Å². The van der Waals surface area contributed by atoms with Crippen LogP contribution in [-0.2, 0) is 3.07 Å². The Labute approximate surface area is 81.5 Å². The Balaban J connectivity index is 2.86. The SMILES string of the molecule is Cc1cccc(C(C)OI)c1. The third-order valence-electron chi connectivity index (χ3n) is 1.65. The lowest BCUT2D eigenvalue weighted by atomic mass is 10.1. The van der Waals surface area contributed by atoms with E-state index in [0.29, 0.717) is 0 Å². The molecular formula is C9H11IO. The van der Waals surface area contributed by atoms with Crippen molar-refractivity contribution < 1.29 is 3.07 Å². The van der Waals surface area contributed by atoms with Crippen LogP contribution in [0.3, 0.4) is 0 Å². The Morgan fingerprint density at radius 1 is 1.45 bits per heavy atom. The summed E-state index contributed by atoms with van der Waals surface area (Å²) in [5.74, 6) is 0. The van der Waals surface area contributed by atoms with Crippen molar-refractivity contribution in [2.24, 2.45) is 0 Å². The highest BCUT2D eigenvalue weighted by Crippen LogP contribution is 2.19. The standard InChI is InChI=1S/C9H11IO/c1-7-4-3-5-9(6-7)8(2)11-10/h3-6,8H,1-2H3. The molecule has 1 rings (SSSR count). The number of hydrogen-bond acceptors (Lipinski definition) is 1. The van der Waals surface area contributed by atoms with Crippen molar-refractivity contribution in [2.75, 3.05) is 0 Å². The molecule has 0 N–H and O–H groups in total. The molecule has 0 radical (unpaired) electrons. The van der Waals surface area contributed by atoms with E-state index in [0.717, 1.165) is 0 Å². The Morgan fingerprint density at radius 3 is 2.73 bits per heavy atom. The zero-order chi connectivity index (χ0) is 8.27. The van der Waals surface area contributed by atoms with Crippen molar-refractivity contribution in [1.82, 2.24) is 0 Å². The summed E-state index contributed by atoms with van der Waals surface area (Å²) in [6, 6.07) is 8.36. The fourth-order valence-corrected chi connectivity index (χ4v) is 1.27. The molecule has 1 atom stereocenters. The van der Waals surface area contributed by atoms with Crippen LogP contribution in [0.2, 0.25) is 0 Å². The monoisotopic (exact) mass is 262 g/mol. The third kappa shape index (κ3) is 2.45. The zero-order valence-corrected chi connectivity index (χ0v) is 8.83. The van der Waals surface area contributed by atoms with Gasteiger partial charge < -0.3 is 3.07 Å². The maximum atomic E-state index is 5.16. The van der Waals surface area contributed by atoms with Crippen LogP contribution >= 0.6 is 23.0 Å². The van der Waals surface area contributed by atoms with E-state index in [4.69, 9.17) is 3.07 Å². The molecule has 0 heterocycles. The minimum absolute atomic E-state index is 0.190. The van der Waals surface area contributed by atoms with Gasteiger partial charge in [-0.15, -0.1) is 0 Å². The molecule has 0 amide bonds. The molecule has 2 heteroatoms. The minimum Gasteiger partial charge on any atom is -0.308 e. The van der Waals surface area contributed by atoms with Crippen LogP contribution < -0.4 is 0 Å². The second kappa shape index (κ2) is 4.07. The van der Waals surface area contributed by atoms with Crippen LogP contribution in [-0.4, -0.2) is 0 Å². The van der Waals surface area contributed by atoms with Gasteiger partial charge in [-0.05, 0) is 19.4 Å². The van der Waals surface area contributed by atoms with Gasteiger partial charge in [-0.3, -0.25) is 0 Å². The summed E-state index contributed by atoms with van der Waals surface area (Å²) in [5, 5.41) is 0. The van der Waals surface area contributed by atoms with Crippen LogP contribution in [0.1, 0.15) is 24.2 Å². The Morgan fingerprint density at radius 2 is 2.18 bits per heavy atom. The predicted octanol–water partition coefficient (Wildman–Crippen LogP) is 3.42. The van der Waals surface area contributed by atoms with Gasteiger partial charge in [0.1, 0.15) is 23.0 Å². The maximum Gasteiger partial charge on any atom is 0.110 e. The fourth-order valence-electron chi connectivity index (χ4n) is 0.974. The lowest BCUT2D eigenvalue weighted by Gasteiger charge is -2.07. The summed E-state index contributed by atoms with van der Waals surface area (Å²) < 4.78 is 5.16. The largest absolute Gasteiger partial charge is 0.308 e. The van der Waals surface area contributed by atoms with E-state index in [1.807, 2.05) is 29.9 Å². The summed E-state index contributed by atoms with van der Waals surface area (Å²) in [6.07, 6.45) is 0.190. The average Bonchev–Trinajstić information content (AvgIpc) is 2.03. The molecule has 0 fully saturated rings. The molecule has 11 heavy (non-hydrogen) atoms. The van der Waals surface area contributed by atoms with E-state index in [9.17, 15) is 0 Å². The van der Waals surface area contributed by atoms with E-state index >= 15 is 0 Å². The molecule has 1 unspecified atom stereocenters. The number of halogens is 1. The molecular weight excluding hydrogens is 251 g/mol. The molecule has 0 saturated heterocycles. The smallest absolute Gasteiger partial charge is 0.110 e. The summed E-state index contributed by atoms with van der Waals surface area (Å²) in [7, 11) is 0. The van der Waals surface area contributed by atoms with E-state index in [1.54, 1.807) is 0 Å². The predicted molar refractivity (Wildman–Crippen MR) is 54.7 cm³/mol. The van der Waals surface area contributed by atoms with Crippen LogP contribution in [0.25, 0.3) is 0 Å². The Hall–Kier alpha value is -0.0900. The molecule has 0 aliphatic rings. The third-order valence-corrected chi connectivity index (χ3v) is 2.41. The topological polar surface area (TPSA) is 9.23 Å². The molecule has 1 nitrogen and oxygen atoms in total. The first-order valence-electron chi connectivity index (χ1n) is 3.58. The van der Waals surface area contributed by atoms with Gasteiger partial charge in [0.25, 0.3) is 0 Å². The first-order valence-corrected chi connectivity index (χ1v) is 4.46. The molecule has 1 aromatic rings. The van der Waals surface area contributed by atoms with Gasteiger partial charge >= 0.3 is 0 Å². The van der Waals surface area contributed by atoms with Crippen molar-refractivity contribution in [3.8, 4) is 0 Å². The highest BCUT2D eigenvalue weighted by Gasteiger charge is 2.02. The molecule has 60 valence electrons. The Bertz CT molecular complexity index is 235. The number of rotatable bonds is 2. The van der Waals surface area contributed by atoms with Crippen LogP contribution in [0.5, 0.6) is 0 Å². The normalized spacial score (nSPS) is 13.0. The first-order chi connectivity index (χ1) is 5.24. The second-order valence-electron chi connectivity index (χ2n) is 2.65. The molecule has 0 saturated carbocycles. The van der Waals surface area contributed by atoms with Gasteiger partial charge in [0.15, 0.2) is 0 Å². The average molecular weight is 262 g/mol. The summed E-state index contributed by atoms with van der Waals surface area (Å²) in [4.78, 5) is 0. The highest BCUT2D eigenvalue weighted by atomic mass is 127. The fraction of sp³-hybridized carbons (Fsp3) is 0.333. The molecule has 0 aliphatic heterocycles. The maximum absolute atomic E-state index is 5.16.